The molecule has 26 heavy (non-hydrogen) atoms. The molecule has 0 saturated heterocycles. The Bertz CT molecular complexity index is 808. The van der Waals surface area contributed by atoms with Crippen molar-refractivity contribution in [2.24, 2.45) is 0 Å². The summed E-state index contributed by atoms with van der Waals surface area (Å²) in [6.07, 6.45) is 1.70. The minimum absolute atomic E-state index is 0.0356. The molecule has 4 nitrogen and oxygen atoms in total. The van der Waals surface area contributed by atoms with Gasteiger partial charge in [0.05, 0.1) is 5.02 Å². The Labute approximate surface area is 156 Å². The molecule has 1 atom stereocenters. The number of halogens is 2. The minimum Gasteiger partial charge on any atom is -0.449 e. The molecule has 0 spiro atoms. The van der Waals surface area contributed by atoms with Crippen molar-refractivity contribution in [3.8, 4) is 0 Å². The van der Waals surface area contributed by atoms with Crippen LogP contribution in [0.4, 0.5) is 4.39 Å². The highest BCUT2D eigenvalue weighted by Gasteiger charge is 2.20. The molecule has 0 radical (unpaired) electrons. The largest absolute Gasteiger partial charge is 0.449 e. The molecule has 0 fully saturated rings. The lowest BCUT2D eigenvalue weighted by Crippen LogP contribution is -2.36. The maximum Gasteiger partial charge on any atom is 0.331 e. The number of carbonyl (C=O) groups is 2. The first-order valence-electron chi connectivity index (χ1n) is 7.99. The number of ether oxygens (including phenoxy) is 1. The van der Waals surface area contributed by atoms with Gasteiger partial charge in [0.25, 0.3) is 5.91 Å². The van der Waals surface area contributed by atoms with Gasteiger partial charge in [-0.05, 0) is 36.3 Å². The van der Waals surface area contributed by atoms with Crippen LogP contribution in [0, 0.1) is 5.82 Å². The Morgan fingerprint density at radius 2 is 1.92 bits per heavy atom. The lowest BCUT2D eigenvalue weighted by molar-refractivity contribution is -0.154. The van der Waals surface area contributed by atoms with Crippen LogP contribution in [0.2, 0.25) is 5.02 Å². The summed E-state index contributed by atoms with van der Waals surface area (Å²) in [6, 6.07) is 13.6. The van der Waals surface area contributed by atoms with Gasteiger partial charge in [-0.3, -0.25) is 4.79 Å². The van der Waals surface area contributed by atoms with Crippen molar-refractivity contribution in [1.82, 2.24) is 4.90 Å². The molecule has 0 N–H and O–H groups in total. The van der Waals surface area contributed by atoms with Gasteiger partial charge in [0.1, 0.15) is 5.82 Å². The highest BCUT2D eigenvalue weighted by atomic mass is 35.5. The number of hydrogen-bond donors (Lipinski definition) is 0. The SMILES string of the molecule is C[C@H](OC(=O)/C=C/c1ccc(F)c(Cl)c1)C(=O)N(C)Cc1ccccc1. The molecule has 2 aromatic carbocycles. The van der Waals surface area contributed by atoms with Crippen LogP contribution in [0.1, 0.15) is 18.1 Å². The third-order valence-electron chi connectivity index (χ3n) is 3.64. The molecule has 0 saturated carbocycles. The maximum absolute atomic E-state index is 13.1. The van der Waals surface area contributed by atoms with Gasteiger partial charge in [0.2, 0.25) is 0 Å². The van der Waals surface area contributed by atoms with Crippen LogP contribution in [0.15, 0.2) is 54.6 Å². The van der Waals surface area contributed by atoms with Crippen molar-refractivity contribution in [1.29, 1.82) is 0 Å². The quantitative estimate of drug-likeness (QED) is 0.564. The fraction of sp³-hybridized carbons (Fsp3) is 0.200. The average molecular weight is 376 g/mol. The summed E-state index contributed by atoms with van der Waals surface area (Å²) >= 11 is 5.68. The Kier molecular flexibility index (Phi) is 6.92. The monoisotopic (exact) mass is 375 g/mol. The van der Waals surface area contributed by atoms with Gasteiger partial charge in [0.15, 0.2) is 6.10 Å². The van der Waals surface area contributed by atoms with E-state index in [2.05, 4.69) is 0 Å². The summed E-state index contributed by atoms with van der Waals surface area (Å²) in [5.41, 5.74) is 1.53. The second-order valence-corrected chi connectivity index (χ2v) is 6.17. The summed E-state index contributed by atoms with van der Waals surface area (Å²) in [6.45, 7) is 1.94. The standard InChI is InChI=1S/C20H19ClFNO3/c1-14(20(25)23(2)13-16-6-4-3-5-7-16)26-19(24)11-9-15-8-10-18(22)17(21)12-15/h3-12,14H,13H2,1-2H3/b11-9+/t14-/m0/s1. The van der Waals surface area contributed by atoms with E-state index in [0.29, 0.717) is 12.1 Å². The third kappa shape index (κ3) is 5.70. The number of likely N-dealkylation sites (N-methyl/N-ethyl adjacent to an activating group) is 1. The van der Waals surface area contributed by atoms with Crippen LogP contribution < -0.4 is 0 Å². The van der Waals surface area contributed by atoms with E-state index < -0.39 is 17.9 Å². The van der Waals surface area contributed by atoms with E-state index in [4.69, 9.17) is 16.3 Å². The van der Waals surface area contributed by atoms with Crippen LogP contribution >= 0.6 is 11.6 Å². The van der Waals surface area contributed by atoms with Gasteiger partial charge >= 0.3 is 5.97 Å². The molecule has 0 unspecified atom stereocenters. The van der Waals surface area contributed by atoms with E-state index in [1.165, 1.54) is 42.2 Å². The summed E-state index contributed by atoms with van der Waals surface area (Å²) in [7, 11) is 1.65. The van der Waals surface area contributed by atoms with Gasteiger partial charge in [-0.1, -0.05) is 48.0 Å². The average Bonchev–Trinajstić information content (AvgIpc) is 2.62. The van der Waals surface area contributed by atoms with Crippen LogP contribution in [0.3, 0.4) is 0 Å². The first-order chi connectivity index (χ1) is 12.4. The number of nitrogens with zero attached hydrogens (tertiary/aromatic N) is 1. The molecule has 6 heteroatoms. The van der Waals surface area contributed by atoms with Crippen LogP contribution in [0.25, 0.3) is 6.08 Å². The number of hydrogen-bond acceptors (Lipinski definition) is 3. The van der Waals surface area contributed by atoms with E-state index in [-0.39, 0.29) is 10.9 Å². The van der Waals surface area contributed by atoms with Gasteiger partial charge < -0.3 is 9.64 Å². The normalized spacial score (nSPS) is 12.0. The lowest BCUT2D eigenvalue weighted by Gasteiger charge is -2.21. The summed E-state index contributed by atoms with van der Waals surface area (Å²) in [5, 5.41) is -0.0356. The zero-order valence-electron chi connectivity index (χ0n) is 14.5. The van der Waals surface area contributed by atoms with Crippen LogP contribution in [-0.4, -0.2) is 29.9 Å². The predicted octanol–water partition coefficient (Wildman–Crippen LogP) is 4.08. The molecule has 0 aromatic heterocycles. The first kappa shape index (κ1) is 19.7. The van der Waals surface area contributed by atoms with Crippen LogP contribution in [0.5, 0.6) is 0 Å². The molecule has 0 heterocycles. The molecule has 2 aromatic rings. The zero-order chi connectivity index (χ0) is 19.1. The van der Waals surface area contributed by atoms with Crippen molar-refractivity contribution < 1.29 is 18.7 Å². The molecule has 1 amide bonds. The second-order valence-electron chi connectivity index (χ2n) is 5.77. The molecule has 0 aliphatic carbocycles. The maximum atomic E-state index is 13.1. The van der Waals surface area contributed by atoms with Crippen molar-refractivity contribution in [3.63, 3.8) is 0 Å². The Balaban J connectivity index is 1.89. The molecule has 0 bridgehead atoms. The van der Waals surface area contributed by atoms with Crippen LogP contribution in [-0.2, 0) is 20.9 Å². The predicted molar refractivity (Wildman–Crippen MR) is 98.9 cm³/mol. The third-order valence-corrected chi connectivity index (χ3v) is 3.92. The van der Waals surface area contributed by atoms with E-state index >= 15 is 0 Å². The first-order valence-corrected chi connectivity index (χ1v) is 8.37. The van der Waals surface area contributed by atoms with Crippen molar-refractivity contribution in [2.75, 3.05) is 7.05 Å². The Morgan fingerprint density at radius 1 is 1.23 bits per heavy atom. The number of amides is 1. The van der Waals surface area contributed by atoms with E-state index in [1.54, 1.807) is 7.05 Å². The molecular weight excluding hydrogens is 357 g/mol. The topological polar surface area (TPSA) is 46.6 Å². The molecular formula is C20H19ClFNO3. The van der Waals surface area contributed by atoms with Gasteiger partial charge in [-0.15, -0.1) is 0 Å². The number of carbonyl (C=O) groups excluding carboxylic acids is 2. The molecule has 0 aliphatic heterocycles. The fourth-order valence-electron chi connectivity index (χ4n) is 2.29. The Hall–Kier alpha value is -2.66. The fourth-order valence-corrected chi connectivity index (χ4v) is 2.48. The summed E-state index contributed by atoms with van der Waals surface area (Å²) < 4.78 is 18.2. The number of rotatable bonds is 6. The summed E-state index contributed by atoms with van der Waals surface area (Å²) in [5.74, 6) is -1.51. The zero-order valence-corrected chi connectivity index (χ0v) is 15.2. The highest BCUT2D eigenvalue weighted by molar-refractivity contribution is 6.30. The van der Waals surface area contributed by atoms with Crippen molar-refractivity contribution in [2.45, 2.75) is 19.6 Å². The van der Waals surface area contributed by atoms with Gasteiger partial charge in [-0.2, -0.15) is 0 Å². The second kappa shape index (κ2) is 9.15. The van der Waals surface area contributed by atoms with Crippen molar-refractivity contribution >= 4 is 29.6 Å². The van der Waals surface area contributed by atoms with Crippen molar-refractivity contribution in [3.05, 3.63) is 76.6 Å². The lowest BCUT2D eigenvalue weighted by atomic mass is 10.2. The van der Waals surface area contributed by atoms with E-state index in [0.717, 1.165) is 5.56 Å². The van der Waals surface area contributed by atoms with E-state index in [1.807, 2.05) is 30.3 Å². The molecule has 136 valence electrons. The van der Waals surface area contributed by atoms with E-state index in [9.17, 15) is 14.0 Å². The molecule has 0 aliphatic rings. The summed E-state index contributed by atoms with van der Waals surface area (Å²) in [4.78, 5) is 25.7. The highest BCUT2D eigenvalue weighted by Crippen LogP contribution is 2.17. The minimum atomic E-state index is -0.919. The number of esters is 1. The Morgan fingerprint density at radius 3 is 2.58 bits per heavy atom. The number of benzene rings is 2. The van der Waals surface area contributed by atoms with Gasteiger partial charge in [-0.25, -0.2) is 9.18 Å². The molecule has 2 rings (SSSR count). The van der Waals surface area contributed by atoms with Gasteiger partial charge in [0, 0.05) is 19.7 Å². The smallest absolute Gasteiger partial charge is 0.331 e.